The number of hydrogen-bond acceptors (Lipinski definition) is 4. The smallest absolute Gasteiger partial charge is 0.315 e. The van der Waals surface area contributed by atoms with E-state index in [4.69, 9.17) is 0 Å². The zero-order valence-electron chi connectivity index (χ0n) is 14.4. The highest BCUT2D eigenvalue weighted by Gasteiger charge is 2.21. The maximum absolute atomic E-state index is 12.0. The summed E-state index contributed by atoms with van der Waals surface area (Å²) in [6.07, 6.45) is 3.12. The molecule has 2 aromatic rings. The van der Waals surface area contributed by atoms with Crippen LogP contribution in [-0.4, -0.2) is 33.2 Å². The molecule has 2 heterocycles. The van der Waals surface area contributed by atoms with Crippen LogP contribution in [0.2, 0.25) is 0 Å². The second-order valence-electron chi connectivity index (χ2n) is 6.16. The largest absolute Gasteiger partial charge is 0.334 e. The first-order valence-corrected chi connectivity index (χ1v) is 8.32. The van der Waals surface area contributed by atoms with Gasteiger partial charge in [-0.2, -0.15) is 0 Å². The number of benzene rings is 1. The Morgan fingerprint density at radius 2 is 2.08 bits per heavy atom. The van der Waals surface area contributed by atoms with Crippen molar-refractivity contribution in [3.63, 3.8) is 0 Å². The second kappa shape index (κ2) is 7.33. The highest BCUT2D eigenvalue weighted by atomic mass is 16.2. The van der Waals surface area contributed by atoms with Crippen molar-refractivity contribution < 1.29 is 9.59 Å². The quantitative estimate of drug-likeness (QED) is 0.861. The summed E-state index contributed by atoms with van der Waals surface area (Å²) in [5.41, 5.74) is 1.88. The predicted molar refractivity (Wildman–Crippen MR) is 92.8 cm³/mol. The Hall–Kier alpha value is -2.90. The highest BCUT2D eigenvalue weighted by molar-refractivity contribution is 5.95. The molecule has 1 atom stereocenters. The molecule has 1 aliphatic rings. The van der Waals surface area contributed by atoms with Gasteiger partial charge in [0.25, 0.3) is 0 Å². The van der Waals surface area contributed by atoms with E-state index in [2.05, 4.69) is 20.8 Å². The van der Waals surface area contributed by atoms with Gasteiger partial charge in [-0.1, -0.05) is 12.1 Å². The summed E-state index contributed by atoms with van der Waals surface area (Å²) in [6.45, 7) is 3.04. The Morgan fingerprint density at radius 3 is 2.68 bits per heavy atom. The van der Waals surface area contributed by atoms with Gasteiger partial charge in [0, 0.05) is 32.2 Å². The van der Waals surface area contributed by atoms with Crippen molar-refractivity contribution in [1.29, 1.82) is 0 Å². The van der Waals surface area contributed by atoms with E-state index in [1.165, 1.54) is 0 Å². The van der Waals surface area contributed by atoms with Gasteiger partial charge in [-0.25, -0.2) is 4.79 Å². The van der Waals surface area contributed by atoms with Gasteiger partial charge in [0.05, 0.1) is 6.04 Å². The molecule has 1 aromatic carbocycles. The van der Waals surface area contributed by atoms with Crippen LogP contribution in [0.25, 0.3) is 0 Å². The van der Waals surface area contributed by atoms with Gasteiger partial charge >= 0.3 is 6.03 Å². The summed E-state index contributed by atoms with van der Waals surface area (Å²) >= 11 is 0. The molecule has 1 saturated heterocycles. The number of anilines is 1. The van der Waals surface area contributed by atoms with Crippen molar-refractivity contribution in [2.24, 2.45) is 7.05 Å². The molecule has 1 fully saturated rings. The third-order valence-electron chi connectivity index (χ3n) is 4.26. The van der Waals surface area contributed by atoms with Crippen LogP contribution < -0.4 is 15.5 Å². The molecule has 25 heavy (non-hydrogen) atoms. The van der Waals surface area contributed by atoms with Crippen LogP contribution in [0.4, 0.5) is 10.5 Å². The first-order chi connectivity index (χ1) is 12.0. The van der Waals surface area contributed by atoms with Crippen LogP contribution in [0.1, 0.15) is 37.2 Å². The molecule has 1 aliphatic heterocycles. The molecule has 0 saturated carbocycles. The Balaban J connectivity index is 1.50. The summed E-state index contributed by atoms with van der Waals surface area (Å²) in [5, 5.41) is 13.4. The SMILES string of the molecule is CC(NC(=O)NCc1ccc(N2CCCC2=O)cc1)c1nncn1C. The molecule has 1 unspecified atom stereocenters. The molecule has 3 amide bonds. The van der Waals surface area contributed by atoms with Crippen molar-refractivity contribution in [3.05, 3.63) is 42.0 Å². The third kappa shape index (κ3) is 3.96. The van der Waals surface area contributed by atoms with Gasteiger partial charge in [0.2, 0.25) is 5.91 Å². The fourth-order valence-corrected chi connectivity index (χ4v) is 2.89. The van der Waals surface area contributed by atoms with E-state index >= 15 is 0 Å². The number of rotatable bonds is 5. The molecule has 0 aliphatic carbocycles. The Labute approximate surface area is 146 Å². The normalized spacial score (nSPS) is 15.3. The van der Waals surface area contributed by atoms with E-state index in [1.54, 1.807) is 15.8 Å². The molecular formula is C17H22N6O2. The molecule has 8 nitrogen and oxygen atoms in total. The molecule has 8 heteroatoms. The van der Waals surface area contributed by atoms with E-state index in [1.807, 2.05) is 38.2 Å². The summed E-state index contributed by atoms with van der Waals surface area (Å²) in [6, 6.07) is 7.17. The lowest BCUT2D eigenvalue weighted by molar-refractivity contribution is -0.117. The van der Waals surface area contributed by atoms with Gasteiger partial charge in [0.1, 0.15) is 6.33 Å². The number of amides is 3. The minimum absolute atomic E-state index is 0.169. The summed E-state index contributed by atoms with van der Waals surface area (Å²) < 4.78 is 1.77. The summed E-state index contributed by atoms with van der Waals surface area (Å²) in [7, 11) is 1.83. The van der Waals surface area contributed by atoms with E-state index in [0.29, 0.717) is 18.8 Å². The Kier molecular flexibility index (Phi) is 4.97. The van der Waals surface area contributed by atoms with Gasteiger partial charge in [-0.3, -0.25) is 4.79 Å². The van der Waals surface area contributed by atoms with Crippen molar-refractivity contribution >= 4 is 17.6 Å². The van der Waals surface area contributed by atoms with Crippen LogP contribution in [-0.2, 0) is 18.4 Å². The zero-order chi connectivity index (χ0) is 17.8. The first kappa shape index (κ1) is 16.9. The first-order valence-electron chi connectivity index (χ1n) is 8.32. The fourth-order valence-electron chi connectivity index (χ4n) is 2.89. The Bertz CT molecular complexity index is 755. The van der Waals surface area contributed by atoms with Crippen molar-refractivity contribution in [2.45, 2.75) is 32.4 Å². The second-order valence-corrected chi connectivity index (χ2v) is 6.16. The number of urea groups is 1. The van der Waals surface area contributed by atoms with Gasteiger partial charge in [0.15, 0.2) is 5.82 Å². The molecule has 0 radical (unpaired) electrons. The topological polar surface area (TPSA) is 92.2 Å². The lowest BCUT2D eigenvalue weighted by Crippen LogP contribution is -2.37. The minimum Gasteiger partial charge on any atom is -0.334 e. The van der Waals surface area contributed by atoms with Crippen LogP contribution in [0.5, 0.6) is 0 Å². The average Bonchev–Trinajstić information content (AvgIpc) is 3.21. The van der Waals surface area contributed by atoms with E-state index in [9.17, 15) is 9.59 Å². The molecule has 1 aromatic heterocycles. The van der Waals surface area contributed by atoms with E-state index in [-0.39, 0.29) is 18.0 Å². The summed E-state index contributed by atoms with van der Waals surface area (Å²) in [4.78, 5) is 25.6. The van der Waals surface area contributed by atoms with Gasteiger partial charge < -0.3 is 20.1 Å². The maximum atomic E-state index is 12.0. The zero-order valence-corrected chi connectivity index (χ0v) is 14.4. The van der Waals surface area contributed by atoms with Crippen molar-refractivity contribution in [2.75, 3.05) is 11.4 Å². The van der Waals surface area contributed by atoms with Crippen molar-refractivity contribution in [3.8, 4) is 0 Å². The van der Waals surface area contributed by atoms with Crippen LogP contribution in [0.3, 0.4) is 0 Å². The van der Waals surface area contributed by atoms with Crippen LogP contribution >= 0.6 is 0 Å². The van der Waals surface area contributed by atoms with Crippen molar-refractivity contribution in [1.82, 2.24) is 25.4 Å². The van der Waals surface area contributed by atoms with E-state index < -0.39 is 0 Å². The number of hydrogen-bond donors (Lipinski definition) is 2. The average molecular weight is 342 g/mol. The lowest BCUT2D eigenvalue weighted by atomic mass is 10.2. The third-order valence-corrected chi connectivity index (χ3v) is 4.26. The molecule has 0 bridgehead atoms. The fraction of sp³-hybridized carbons (Fsp3) is 0.412. The monoisotopic (exact) mass is 342 g/mol. The van der Waals surface area contributed by atoms with Gasteiger partial charge in [-0.15, -0.1) is 10.2 Å². The summed E-state index contributed by atoms with van der Waals surface area (Å²) in [5.74, 6) is 0.859. The van der Waals surface area contributed by atoms with Crippen LogP contribution in [0.15, 0.2) is 30.6 Å². The number of aromatic nitrogens is 3. The number of nitrogens with one attached hydrogen (secondary N) is 2. The number of carbonyl (C=O) groups excluding carboxylic acids is 2. The maximum Gasteiger partial charge on any atom is 0.315 e. The molecular weight excluding hydrogens is 320 g/mol. The predicted octanol–water partition coefficient (Wildman–Crippen LogP) is 1.50. The molecule has 3 rings (SSSR count). The molecule has 2 N–H and O–H groups in total. The highest BCUT2D eigenvalue weighted by Crippen LogP contribution is 2.21. The van der Waals surface area contributed by atoms with Crippen LogP contribution in [0, 0.1) is 0 Å². The number of carbonyl (C=O) groups is 2. The number of aryl methyl sites for hydroxylation is 1. The minimum atomic E-state index is -0.269. The standard InChI is InChI=1S/C17H22N6O2/c1-12(16-21-19-11-22(16)2)20-17(25)18-10-13-5-7-14(8-6-13)23-9-3-4-15(23)24/h5-8,11-12H,3-4,9-10H2,1-2H3,(H2,18,20,25). The lowest BCUT2D eigenvalue weighted by Gasteiger charge is -2.16. The molecule has 132 valence electrons. The van der Waals surface area contributed by atoms with E-state index in [0.717, 1.165) is 24.2 Å². The molecule has 0 spiro atoms. The van der Waals surface area contributed by atoms with Gasteiger partial charge in [-0.05, 0) is 31.0 Å². The number of nitrogens with zero attached hydrogens (tertiary/aromatic N) is 4. The Morgan fingerprint density at radius 1 is 1.32 bits per heavy atom.